The zero-order chi connectivity index (χ0) is 16.5. The van der Waals surface area contributed by atoms with Gasteiger partial charge in [-0.1, -0.05) is 48.5 Å². The summed E-state index contributed by atoms with van der Waals surface area (Å²) < 4.78 is 5.01. The number of methoxy groups -OCH3 is 1. The van der Waals surface area contributed by atoms with Crippen molar-refractivity contribution >= 4 is 16.9 Å². The fourth-order valence-electron chi connectivity index (χ4n) is 3.18. The molecule has 118 valence electrons. The van der Waals surface area contributed by atoms with Crippen molar-refractivity contribution in [3.05, 3.63) is 89.5 Å². The largest absolute Gasteiger partial charge is 0.465 e. The van der Waals surface area contributed by atoms with Gasteiger partial charge in [-0.15, -0.1) is 0 Å². The lowest BCUT2D eigenvalue weighted by molar-refractivity contribution is 0.0596. The van der Waals surface area contributed by atoms with E-state index in [1.165, 1.54) is 28.0 Å². The summed E-state index contributed by atoms with van der Waals surface area (Å²) in [5.74, 6) is -0.279. The van der Waals surface area contributed by atoms with Gasteiger partial charge in [-0.2, -0.15) is 0 Å². The molecule has 3 heteroatoms. The molecule has 0 amide bonds. The van der Waals surface area contributed by atoms with E-state index in [2.05, 4.69) is 48.5 Å². The Hall–Kier alpha value is -2.52. The maximum atomic E-state index is 12.3. The molecule has 0 saturated heterocycles. The minimum absolute atomic E-state index is 0.279. The first-order chi connectivity index (χ1) is 11.8. The van der Waals surface area contributed by atoms with Gasteiger partial charge >= 0.3 is 5.97 Å². The second kappa shape index (κ2) is 6.17. The molecular formula is C21H17O2S+. The van der Waals surface area contributed by atoms with E-state index in [4.69, 9.17) is 4.74 Å². The maximum absolute atomic E-state index is 12.3. The molecular weight excluding hydrogens is 316 g/mol. The molecule has 24 heavy (non-hydrogen) atoms. The number of hydrogen-bond acceptors (Lipinski definition) is 2. The monoisotopic (exact) mass is 333 g/mol. The van der Waals surface area contributed by atoms with E-state index < -0.39 is 0 Å². The fourth-order valence-corrected chi connectivity index (χ4v) is 5.71. The Morgan fingerprint density at radius 3 is 1.88 bits per heavy atom. The topological polar surface area (TPSA) is 26.3 Å². The van der Waals surface area contributed by atoms with Crippen molar-refractivity contribution in [1.82, 2.24) is 0 Å². The van der Waals surface area contributed by atoms with Crippen LogP contribution in [-0.2, 0) is 22.1 Å². The van der Waals surface area contributed by atoms with E-state index in [1.807, 2.05) is 24.3 Å². The summed E-state index contributed by atoms with van der Waals surface area (Å²) in [6.45, 7) is 0. The van der Waals surface area contributed by atoms with Crippen LogP contribution in [0.5, 0.6) is 0 Å². The molecule has 0 atom stereocenters. The standard InChI is InChI=1S/C21H17O2S/c1-23-21(22)17-10-4-7-13-20(17)24-18-11-5-2-8-15(18)14-16-9-3-6-12-19(16)24/h2-13H,14H2,1H3/q+1. The average molecular weight is 333 g/mol. The van der Waals surface area contributed by atoms with Crippen molar-refractivity contribution in [3.63, 3.8) is 0 Å². The van der Waals surface area contributed by atoms with Gasteiger partial charge in [0.1, 0.15) is 16.5 Å². The van der Waals surface area contributed by atoms with Crippen LogP contribution in [0, 0.1) is 0 Å². The zero-order valence-corrected chi connectivity index (χ0v) is 14.2. The quantitative estimate of drug-likeness (QED) is 0.399. The Morgan fingerprint density at radius 1 is 0.792 bits per heavy atom. The highest BCUT2D eigenvalue weighted by Gasteiger charge is 2.39. The summed E-state index contributed by atoms with van der Waals surface area (Å²) in [5.41, 5.74) is 3.31. The molecule has 1 aliphatic rings. The molecule has 0 unspecified atom stereocenters. The fraction of sp³-hybridized carbons (Fsp3) is 0.0952. The van der Waals surface area contributed by atoms with Crippen LogP contribution in [0.1, 0.15) is 21.5 Å². The van der Waals surface area contributed by atoms with Crippen molar-refractivity contribution in [2.45, 2.75) is 21.1 Å². The molecule has 2 nitrogen and oxygen atoms in total. The summed E-state index contributed by atoms with van der Waals surface area (Å²) in [5, 5.41) is 0. The van der Waals surface area contributed by atoms with Gasteiger partial charge in [0, 0.05) is 17.5 Å². The highest BCUT2D eigenvalue weighted by Crippen LogP contribution is 2.41. The van der Waals surface area contributed by atoms with Crippen LogP contribution >= 0.6 is 0 Å². The summed E-state index contributed by atoms with van der Waals surface area (Å²) in [4.78, 5) is 15.9. The molecule has 1 heterocycles. The minimum Gasteiger partial charge on any atom is -0.465 e. The van der Waals surface area contributed by atoms with Crippen molar-refractivity contribution in [2.75, 3.05) is 7.11 Å². The Kier molecular flexibility index (Phi) is 3.87. The van der Waals surface area contributed by atoms with Crippen LogP contribution in [0.2, 0.25) is 0 Å². The van der Waals surface area contributed by atoms with Crippen molar-refractivity contribution in [1.29, 1.82) is 0 Å². The number of carbonyl (C=O) groups excluding carboxylic acids is 1. The number of benzene rings is 3. The molecule has 0 N–H and O–H groups in total. The number of carbonyl (C=O) groups is 1. The smallest absolute Gasteiger partial charge is 0.343 e. The van der Waals surface area contributed by atoms with E-state index in [0.717, 1.165) is 11.3 Å². The van der Waals surface area contributed by atoms with Gasteiger partial charge in [0.2, 0.25) is 0 Å². The normalized spacial score (nSPS) is 13.0. The van der Waals surface area contributed by atoms with Gasteiger partial charge in [-0.3, -0.25) is 0 Å². The second-order valence-corrected chi connectivity index (χ2v) is 7.62. The molecule has 4 rings (SSSR count). The van der Waals surface area contributed by atoms with E-state index in [-0.39, 0.29) is 16.9 Å². The molecule has 0 aromatic heterocycles. The first-order valence-corrected chi connectivity index (χ1v) is 9.09. The number of ether oxygens (including phenoxy) is 1. The second-order valence-electron chi connectivity index (χ2n) is 5.69. The van der Waals surface area contributed by atoms with E-state index in [1.54, 1.807) is 0 Å². The van der Waals surface area contributed by atoms with Gasteiger partial charge in [-0.05, 0) is 24.3 Å². The van der Waals surface area contributed by atoms with Gasteiger partial charge in [0.05, 0.1) is 7.11 Å². The molecule has 1 aliphatic heterocycles. The summed E-state index contributed by atoms with van der Waals surface area (Å²) in [7, 11) is 1.14. The number of esters is 1. The number of hydrogen-bond donors (Lipinski definition) is 0. The SMILES string of the molecule is COC(=O)c1ccccc1[S+]1c2ccccc2Cc2ccccc21. The van der Waals surface area contributed by atoms with Crippen molar-refractivity contribution in [2.24, 2.45) is 0 Å². The number of rotatable bonds is 2. The molecule has 0 saturated carbocycles. The predicted octanol–water partition coefficient (Wildman–Crippen LogP) is 4.47. The van der Waals surface area contributed by atoms with Gasteiger partial charge in [0.15, 0.2) is 14.7 Å². The van der Waals surface area contributed by atoms with Gasteiger partial charge < -0.3 is 4.74 Å². The van der Waals surface area contributed by atoms with Crippen LogP contribution in [0.4, 0.5) is 0 Å². The van der Waals surface area contributed by atoms with Gasteiger partial charge in [-0.25, -0.2) is 4.79 Å². The molecule has 3 aromatic carbocycles. The number of fused-ring (bicyclic) bond motifs is 2. The molecule has 0 fully saturated rings. The lowest BCUT2D eigenvalue weighted by atomic mass is 10.0. The average Bonchev–Trinajstić information content (AvgIpc) is 2.65. The zero-order valence-electron chi connectivity index (χ0n) is 13.4. The van der Waals surface area contributed by atoms with E-state index in [9.17, 15) is 4.79 Å². The molecule has 0 aliphatic carbocycles. The third kappa shape index (κ3) is 2.42. The molecule has 0 bridgehead atoms. The summed E-state index contributed by atoms with van der Waals surface area (Å²) in [6.07, 6.45) is 0.941. The summed E-state index contributed by atoms with van der Waals surface area (Å²) >= 11 is 0. The Morgan fingerprint density at radius 2 is 1.29 bits per heavy atom. The Labute approximate surface area is 144 Å². The third-order valence-corrected chi connectivity index (χ3v) is 6.75. The van der Waals surface area contributed by atoms with Crippen LogP contribution in [-0.4, -0.2) is 13.1 Å². The van der Waals surface area contributed by atoms with Crippen LogP contribution in [0.25, 0.3) is 0 Å². The van der Waals surface area contributed by atoms with Crippen molar-refractivity contribution in [3.8, 4) is 0 Å². The third-order valence-electron chi connectivity index (χ3n) is 4.28. The highest BCUT2D eigenvalue weighted by molar-refractivity contribution is 7.97. The van der Waals surface area contributed by atoms with E-state index >= 15 is 0 Å². The first kappa shape index (κ1) is 15.0. The maximum Gasteiger partial charge on any atom is 0.343 e. The highest BCUT2D eigenvalue weighted by atomic mass is 32.2. The van der Waals surface area contributed by atoms with Crippen LogP contribution in [0.15, 0.2) is 87.5 Å². The van der Waals surface area contributed by atoms with Gasteiger partial charge in [0.25, 0.3) is 0 Å². The Balaban J connectivity index is 1.98. The lowest BCUT2D eigenvalue weighted by Gasteiger charge is -2.20. The predicted molar refractivity (Wildman–Crippen MR) is 95.6 cm³/mol. The van der Waals surface area contributed by atoms with Crippen molar-refractivity contribution < 1.29 is 9.53 Å². The summed E-state index contributed by atoms with van der Waals surface area (Å²) in [6, 6.07) is 24.8. The molecule has 3 aromatic rings. The Bertz CT molecular complexity index is 871. The molecule has 0 spiro atoms. The molecule has 0 radical (unpaired) electrons. The minimum atomic E-state index is -0.292. The van der Waals surface area contributed by atoms with Crippen LogP contribution < -0.4 is 0 Å². The van der Waals surface area contributed by atoms with E-state index in [0.29, 0.717) is 5.56 Å². The lowest BCUT2D eigenvalue weighted by Crippen LogP contribution is -2.18. The first-order valence-electron chi connectivity index (χ1n) is 7.87. The van der Waals surface area contributed by atoms with Crippen LogP contribution in [0.3, 0.4) is 0 Å².